The summed E-state index contributed by atoms with van der Waals surface area (Å²) in [6.07, 6.45) is -13.6. The van der Waals surface area contributed by atoms with Crippen LogP contribution in [-0.2, 0) is 86.6 Å². The lowest BCUT2D eigenvalue weighted by Gasteiger charge is -2.47. The fourth-order valence-electron chi connectivity index (χ4n) is 13.7. The number of nitrogens with zero attached hydrogens (tertiary/aromatic N) is 8. The molecule has 0 spiro atoms. The van der Waals surface area contributed by atoms with Gasteiger partial charge in [-0.2, -0.15) is 40.2 Å². The van der Waals surface area contributed by atoms with E-state index in [1.165, 1.54) is 68.4 Å². The summed E-state index contributed by atoms with van der Waals surface area (Å²) in [5.74, 6) is -4.62. The number of nitrogens with one attached hydrogen (secondary N) is 4. The SMILES string of the molecule is COC(=O)CCCN(CCC(=O)OC)C(=O)Cc1cc(C)cc(OP(=O)(O)O)c1C(C)(C)CC(=O)O[C@@H](CN(Cc1c(F)cc(-c2ccn(C(F)F)n2)cc1F)NC(=O)[C@@H](NC(=O)OC)C(C)(C)C(F)(F)F)[C@H](Cc1ccc(C#Cc2cnc(N3CC4CCC(C3)N4C3COC3)nc2)cc1)NC(=O)[C@@H](NC(=O)OC)C(C)(C)C(F)(F)F. The van der Waals surface area contributed by atoms with Crippen LogP contribution < -0.4 is 30.8 Å². The van der Waals surface area contributed by atoms with Gasteiger partial charge in [0.1, 0.15) is 35.6 Å². The number of amides is 5. The van der Waals surface area contributed by atoms with Crippen molar-refractivity contribution in [3.8, 4) is 28.8 Å². The first-order valence-electron chi connectivity index (χ1n) is 36.3. The topological polar surface area (TPSA) is 363 Å². The van der Waals surface area contributed by atoms with Gasteiger partial charge in [-0.1, -0.05) is 43.9 Å². The highest BCUT2D eigenvalue weighted by Gasteiger charge is 2.58. The van der Waals surface area contributed by atoms with Crippen molar-refractivity contribution >= 4 is 61.6 Å². The Labute approximate surface area is 660 Å². The van der Waals surface area contributed by atoms with E-state index in [2.05, 4.69) is 56.9 Å². The Bertz CT molecular complexity index is 4440. The van der Waals surface area contributed by atoms with Gasteiger partial charge >= 0.3 is 56.8 Å². The quantitative estimate of drug-likeness (QED) is 0.00560. The van der Waals surface area contributed by atoms with Crippen LogP contribution in [0.5, 0.6) is 5.75 Å². The maximum absolute atomic E-state index is 17.0. The molecule has 3 fully saturated rings. The average molecular weight is 1670 g/mol. The molecular formula is C75H91F10N12O18P. The van der Waals surface area contributed by atoms with Crippen LogP contribution in [0, 0.1) is 41.2 Å². The van der Waals surface area contributed by atoms with Crippen LogP contribution in [0.2, 0.25) is 0 Å². The van der Waals surface area contributed by atoms with Crippen molar-refractivity contribution in [1.82, 2.24) is 55.9 Å². The van der Waals surface area contributed by atoms with E-state index < -0.39 is 182 Å². The van der Waals surface area contributed by atoms with E-state index in [0.717, 1.165) is 59.6 Å². The molecule has 5 heterocycles. The summed E-state index contributed by atoms with van der Waals surface area (Å²) in [4.78, 5) is 147. The summed E-state index contributed by atoms with van der Waals surface area (Å²) < 4.78 is 202. The highest BCUT2D eigenvalue weighted by atomic mass is 31.2. The number of halogens is 10. The normalized spacial score (nSPS) is 16.5. The van der Waals surface area contributed by atoms with Crippen molar-refractivity contribution in [3.63, 3.8) is 0 Å². The number of ether oxygens (including phenoxy) is 6. The number of aromatic nitrogens is 4. The lowest BCUT2D eigenvalue weighted by Crippen LogP contribution is -2.64. The van der Waals surface area contributed by atoms with E-state index in [1.807, 2.05) is 5.32 Å². The summed E-state index contributed by atoms with van der Waals surface area (Å²) in [6, 6.07) is 3.63. The number of phosphoric acid groups is 1. The molecular weight excluding hydrogens is 1580 g/mol. The molecule has 6 atom stereocenters. The zero-order chi connectivity index (χ0) is 85.7. The Morgan fingerprint density at radius 1 is 0.707 bits per heavy atom. The largest absolute Gasteiger partial charge is 0.524 e. The highest BCUT2D eigenvalue weighted by Crippen LogP contribution is 2.47. The van der Waals surface area contributed by atoms with E-state index >= 15 is 44.7 Å². The number of alkyl carbamates (subject to hydrolysis) is 2. The summed E-state index contributed by atoms with van der Waals surface area (Å²) in [7, 11) is -1.94. The monoisotopic (exact) mass is 1670 g/mol. The molecule has 2 bridgehead atoms. The van der Waals surface area contributed by atoms with Gasteiger partial charge in [0.2, 0.25) is 17.8 Å². The Morgan fingerprint density at radius 3 is 1.78 bits per heavy atom. The Morgan fingerprint density at radius 2 is 1.27 bits per heavy atom. The van der Waals surface area contributed by atoms with Crippen LogP contribution >= 0.6 is 7.82 Å². The molecule has 634 valence electrons. The zero-order valence-electron chi connectivity index (χ0n) is 65.1. The van der Waals surface area contributed by atoms with Crippen molar-refractivity contribution < 1.29 is 130 Å². The number of fused-ring (bicyclic) bond motifs is 2. The van der Waals surface area contributed by atoms with Crippen molar-refractivity contribution in [2.45, 2.75) is 173 Å². The minimum absolute atomic E-state index is 0.00970. The molecule has 2 unspecified atom stereocenters. The van der Waals surface area contributed by atoms with Crippen LogP contribution in [0.15, 0.2) is 73.2 Å². The average Bonchev–Trinajstić information content (AvgIpc) is 1.67. The maximum Gasteiger partial charge on any atom is 0.524 e. The first kappa shape index (κ1) is 91.3. The van der Waals surface area contributed by atoms with Crippen LogP contribution in [0.25, 0.3) is 11.3 Å². The Balaban J connectivity index is 1.28. The lowest BCUT2D eigenvalue weighted by atomic mass is 9.77. The smallest absolute Gasteiger partial charge is 0.469 e. The van der Waals surface area contributed by atoms with E-state index in [-0.39, 0.29) is 59.3 Å². The number of benzene rings is 3. The van der Waals surface area contributed by atoms with Crippen molar-refractivity contribution in [2.75, 3.05) is 79.3 Å². The minimum atomic E-state index is -5.63. The Kier molecular flexibility index (Phi) is 30.1. The number of piperazine rings is 1. The van der Waals surface area contributed by atoms with E-state index in [0.29, 0.717) is 106 Å². The Hall–Kier alpha value is -10.2. The summed E-state index contributed by atoms with van der Waals surface area (Å²) in [5, 5.41) is 10.1. The summed E-state index contributed by atoms with van der Waals surface area (Å²) in [5.41, 5.74) is -7.94. The number of methoxy groups -OCH3 is 4. The number of hydrogen-bond donors (Lipinski definition) is 6. The summed E-state index contributed by atoms with van der Waals surface area (Å²) >= 11 is 0. The van der Waals surface area contributed by atoms with Gasteiger partial charge in [0, 0.05) is 97.5 Å². The van der Waals surface area contributed by atoms with Gasteiger partial charge in [0.15, 0.2) is 0 Å². The molecule has 6 N–H and O–H groups in total. The first-order valence-corrected chi connectivity index (χ1v) is 37.8. The van der Waals surface area contributed by atoms with E-state index in [9.17, 15) is 51.9 Å². The van der Waals surface area contributed by atoms with Crippen molar-refractivity contribution in [3.05, 3.63) is 124 Å². The number of aryl methyl sites for hydroxylation is 1. The van der Waals surface area contributed by atoms with Gasteiger partial charge in [-0.15, -0.1) is 0 Å². The van der Waals surface area contributed by atoms with Gasteiger partial charge in [-0.25, -0.2) is 42.6 Å². The van der Waals surface area contributed by atoms with E-state index in [4.69, 9.17) is 23.5 Å². The molecule has 0 saturated carbocycles. The number of alkyl halides is 8. The molecule has 2 aromatic heterocycles. The third-order valence-corrected chi connectivity index (χ3v) is 20.7. The van der Waals surface area contributed by atoms with Crippen LogP contribution in [-0.4, -0.2) is 221 Å². The minimum Gasteiger partial charge on any atom is -0.469 e. The number of carbonyl (C=O) groups is 8. The number of anilines is 1. The van der Waals surface area contributed by atoms with Gasteiger partial charge < -0.3 is 58.7 Å². The van der Waals surface area contributed by atoms with E-state index in [1.54, 1.807) is 5.32 Å². The number of carbonyl (C=O) groups excluding carboxylic acids is 8. The standard InChI is InChI=1S/C75H91F10N12O18P/c1-42-27-47(32-58(98)93(25-23-60(100)110-9)24-12-13-59(99)109-8)62(56(28-42)115-116(106,107)108)71(2,3)33-61(101)114-57(39-95(92-66(103)64(90-70(105)112-11)73(6,7)75(83,84)85)38-51-52(76)30-46(31-53(51)77)54-22-26-96(91-54)67(78)79)55(88-65(102)63(89-69(104)111-10)72(4,5)74(80,81)82)29-44-17-14-43(15-18-44)16-19-45-34-86-68(87-35-45)94-36-48-20-21-49(37-94)97(48)50-40-113-41-50/h14-15,17-18,22,26-28,30-31,34-35,48-50,55,57,63-64,67H,12-13,20-21,23-25,29,32-33,36-41H2,1-11H3,(H,88,102)(H,89,104)(H,90,105)(H,92,103)(H2,106,107,108)/t48?,49?,55-,57-,63+,64+/m0/s1. The van der Waals surface area contributed by atoms with Gasteiger partial charge in [0.25, 0.3) is 5.91 Å². The maximum atomic E-state index is 17.0. The van der Waals surface area contributed by atoms with Gasteiger partial charge in [-0.05, 0) is 113 Å². The molecule has 3 aromatic carbocycles. The van der Waals surface area contributed by atoms with Crippen LogP contribution in [0.1, 0.15) is 126 Å². The molecule has 0 aliphatic carbocycles. The molecule has 5 amide bonds. The van der Waals surface area contributed by atoms with Crippen molar-refractivity contribution in [1.29, 1.82) is 0 Å². The summed E-state index contributed by atoms with van der Waals surface area (Å²) in [6.45, 7) is 2.23. The zero-order valence-corrected chi connectivity index (χ0v) is 66.0. The fourth-order valence-corrected chi connectivity index (χ4v) is 14.1. The fraction of sp³-hybridized carbons (Fsp3) is 0.533. The van der Waals surface area contributed by atoms with Gasteiger partial charge in [-0.3, -0.25) is 48.9 Å². The second-order valence-electron chi connectivity index (χ2n) is 29.8. The van der Waals surface area contributed by atoms with Crippen molar-refractivity contribution in [2.24, 2.45) is 10.8 Å². The number of phosphoric ester groups is 1. The number of hydrogen-bond acceptors (Lipinski definition) is 22. The molecule has 5 aromatic rings. The molecule has 116 heavy (non-hydrogen) atoms. The third-order valence-electron chi connectivity index (χ3n) is 20.3. The predicted octanol–water partition coefficient (Wildman–Crippen LogP) is 8.60. The second-order valence-corrected chi connectivity index (χ2v) is 31.0. The molecule has 0 radical (unpaired) electrons. The van der Waals surface area contributed by atoms with Crippen LogP contribution in [0.3, 0.4) is 0 Å². The molecule has 3 saturated heterocycles. The lowest BCUT2D eigenvalue weighted by molar-refractivity contribution is -0.221. The number of hydrazine groups is 1. The molecule has 3 aliphatic rings. The highest BCUT2D eigenvalue weighted by molar-refractivity contribution is 7.46. The predicted molar refractivity (Wildman–Crippen MR) is 391 cm³/mol. The molecule has 30 nitrogen and oxygen atoms in total. The third kappa shape index (κ3) is 23.6. The molecule has 41 heteroatoms. The number of rotatable bonds is 34. The van der Waals surface area contributed by atoms with Gasteiger partial charge in [0.05, 0.1) is 102 Å². The molecule has 3 aliphatic heterocycles. The first-order chi connectivity index (χ1) is 54.3. The molecule has 8 rings (SSSR count). The number of esters is 3. The van der Waals surface area contributed by atoms with Crippen LogP contribution in [0.4, 0.5) is 59.4 Å². The second kappa shape index (κ2) is 38.3.